The minimum absolute atomic E-state index is 0.0941. The van der Waals surface area contributed by atoms with Gasteiger partial charge in [-0.2, -0.15) is 5.26 Å². The molecule has 8 nitrogen and oxygen atoms in total. The summed E-state index contributed by atoms with van der Waals surface area (Å²) in [6.45, 7) is 3.47. The molecule has 0 fully saturated rings. The summed E-state index contributed by atoms with van der Waals surface area (Å²) >= 11 is 0.969. The van der Waals surface area contributed by atoms with Crippen molar-refractivity contribution in [1.29, 1.82) is 5.26 Å². The van der Waals surface area contributed by atoms with Crippen molar-refractivity contribution in [3.8, 4) is 6.07 Å². The van der Waals surface area contributed by atoms with E-state index in [9.17, 15) is 19.6 Å². The minimum Gasteiger partial charge on any atom is -0.465 e. The van der Waals surface area contributed by atoms with Crippen molar-refractivity contribution in [2.75, 3.05) is 26.5 Å². The van der Waals surface area contributed by atoms with Gasteiger partial charge in [0.05, 0.1) is 17.6 Å². The fraction of sp³-hybridized carbons (Fsp3) is 0.217. The Morgan fingerprint density at radius 3 is 2.53 bits per heavy atom. The number of para-hydroxylation sites is 1. The number of nitrogens with zero attached hydrogens (tertiary/aromatic N) is 2. The molecule has 2 amide bonds. The van der Waals surface area contributed by atoms with Gasteiger partial charge in [-0.05, 0) is 31.6 Å². The Kier molecular flexibility index (Phi) is 6.46. The predicted molar refractivity (Wildman–Crippen MR) is 124 cm³/mol. The number of hydrogen-bond acceptors (Lipinski definition) is 6. The fourth-order valence-corrected chi connectivity index (χ4v) is 4.52. The van der Waals surface area contributed by atoms with Crippen molar-refractivity contribution < 1.29 is 19.1 Å². The average molecular weight is 451 g/mol. The number of aromatic nitrogens is 1. The Balaban J connectivity index is 2.03. The van der Waals surface area contributed by atoms with E-state index in [2.05, 4.69) is 10.3 Å². The van der Waals surface area contributed by atoms with E-state index in [4.69, 9.17) is 4.74 Å². The van der Waals surface area contributed by atoms with Gasteiger partial charge < -0.3 is 19.9 Å². The van der Waals surface area contributed by atoms with E-state index in [1.165, 1.54) is 18.1 Å². The Morgan fingerprint density at radius 1 is 1.22 bits per heavy atom. The van der Waals surface area contributed by atoms with Crippen LogP contribution < -0.4 is 5.32 Å². The highest BCUT2D eigenvalue weighted by atomic mass is 32.1. The lowest BCUT2D eigenvalue weighted by atomic mass is 10.1. The Labute approximate surface area is 189 Å². The molecule has 164 valence electrons. The number of methoxy groups -OCH3 is 1. The molecule has 0 aliphatic rings. The Bertz CT molecular complexity index is 1310. The van der Waals surface area contributed by atoms with Crippen molar-refractivity contribution in [2.24, 2.45) is 0 Å². The van der Waals surface area contributed by atoms with Crippen LogP contribution in [0.4, 0.5) is 5.00 Å². The van der Waals surface area contributed by atoms with Gasteiger partial charge in [0.25, 0.3) is 11.8 Å². The standard InChI is InChI=1S/C23H22N4O4S/c1-12-18(23(30)31-5)21(32-19(12)22(29)27(3)4)26-20(28)14(11-24)10-16-13(2)25-17-9-7-6-8-15(16)17/h6-10,25H,1-5H3,(H,26,28). The molecule has 0 bridgehead atoms. The second-order valence-electron chi connectivity index (χ2n) is 7.28. The monoisotopic (exact) mass is 450 g/mol. The van der Waals surface area contributed by atoms with Crippen LogP contribution in [-0.2, 0) is 9.53 Å². The van der Waals surface area contributed by atoms with Gasteiger partial charge in [0.15, 0.2) is 0 Å². The zero-order valence-corrected chi connectivity index (χ0v) is 19.1. The van der Waals surface area contributed by atoms with Crippen molar-refractivity contribution >= 4 is 51.1 Å². The number of ether oxygens (including phenoxy) is 1. The number of amides is 2. The van der Waals surface area contributed by atoms with Crippen molar-refractivity contribution in [3.63, 3.8) is 0 Å². The van der Waals surface area contributed by atoms with Gasteiger partial charge in [0, 0.05) is 36.3 Å². The highest BCUT2D eigenvalue weighted by Gasteiger charge is 2.27. The minimum atomic E-state index is -0.688. The first kappa shape index (κ1) is 22.8. The molecule has 2 aromatic heterocycles. The maximum absolute atomic E-state index is 13.0. The van der Waals surface area contributed by atoms with Crippen LogP contribution in [-0.4, -0.2) is 48.9 Å². The van der Waals surface area contributed by atoms with E-state index < -0.39 is 11.9 Å². The van der Waals surface area contributed by atoms with Crippen LogP contribution in [0, 0.1) is 25.2 Å². The zero-order chi connectivity index (χ0) is 23.6. The molecule has 0 aliphatic carbocycles. The van der Waals surface area contributed by atoms with Crippen LogP contribution >= 0.6 is 11.3 Å². The molecule has 2 N–H and O–H groups in total. The summed E-state index contributed by atoms with van der Waals surface area (Å²) in [5, 5.41) is 13.3. The number of carbonyl (C=O) groups is 3. The van der Waals surface area contributed by atoms with E-state index in [1.807, 2.05) is 37.3 Å². The number of anilines is 1. The second kappa shape index (κ2) is 9.08. The van der Waals surface area contributed by atoms with Gasteiger partial charge in [-0.3, -0.25) is 9.59 Å². The number of aryl methyl sites for hydroxylation is 1. The molecule has 0 spiro atoms. The van der Waals surface area contributed by atoms with E-state index in [-0.39, 0.29) is 22.0 Å². The van der Waals surface area contributed by atoms with Gasteiger partial charge in [-0.25, -0.2) is 4.79 Å². The third-order valence-corrected chi connectivity index (χ3v) is 6.16. The summed E-state index contributed by atoms with van der Waals surface area (Å²) in [7, 11) is 4.41. The van der Waals surface area contributed by atoms with Crippen LogP contribution in [0.1, 0.15) is 36.9 Å². The molecule has 0 aliphatic heterocycles. The molecular formula is C23H22N4O4S. The topological polar surface area (TPSA) is 115 Å². The quantitative estimate of drug-likeness (QED) is 0.348. The molecular weight excluding hydrogens is 428 g/mol. The Morgan fingerprint density at radius 2 is 1.91 bits per heavy atom. The maximum atomic E-state index is 13.0. The number of nitrogens with one attached hydrogen (secondary N) is 2. The molecule has 0 atom stereocenters. The van der Waals surface area contributed by atoms with Gasteiger partial charge >= 0.3 is 5.97 Å². The fourth-order valence-electron chi connectivity index (χ4n) is 3.30. The molecule has 0 radical (unpaired) electrons. The number of esters is 1. The summed E-state index contributed by atoms with van der Waals surface area (Å²) < 4.78 is 4.84. The number of carbonyl (C=O) groups excluding carboxylic acids is 3. The smallest absolute Gasteiger partial charge is 0.341 e. The molecule has 3 rings (SSSR count). The number of benzene rings is 1. The first-order valence-corrected chi connectivity index (χ1v) is 10.4. The lowest BCUT2D eigenvalue weighted by molar-refractivity contribution is -0.112. The molecule has 3 aromatic rings. The van der Waals surface area contributed by atoms with Gasteiger partial charge in [0.2, 0.25) is 0 Å². The van der Waals surface area contributed by atoms with Gasteiger partial charge in [-0.15, -0.1) is 11.3 Å². The van der Waals surface area contributed by atoms with Gasteiger partial charge in [0.1, 0.15) is 16.6 Å². The number of hydrogen-bond donors (Lipinski definition) is 2. The summed E-state index contributed by atoms with van der Waals surface area (Å²) in [4.78, 5) is 42.7. The van der Waals surface area contributed by atoms with E-state index in [1.54, 1.807) is 21.0 Å². The zero-order valence-electron chi connectivity index (χ0n) is 18.3. The largest absolute Gasteiger partial charge is 0.465 e. The number of rotatable bonds is 5. The first-order valence-electron chi connectivity index (χ1n) is 9.63. The summed E-state index contributed by atoms with van der Waals surface area (Å²) in [5.41, 5.74) is 2.80. The van der Waals surface area contributed by atoms with E-state index >= 15 is 0 Å². The predicted octanol–water partition coefficient (Wildman–Crippen LogP) is 3.88. The van der Waals surface area contributed by atoms with Gasteiger partial charge in [-0.1, -0.05) is 18.2 Å². The van der Waals surface area contributed by atoms with Crippen LogP contribution in [0.25, 0.3) is 17.0 Å². The van der Waals surface area contributed by atoms with Crippen LogP contribution in [0.15, 0.2) is 29.8 Å². The average Bonchev–Trinajstić information content (AvgIpc) is 3.26. The van der Waals surface area contributed by atoms with Crippen LogP contribution in [0.2, 0.25) is 0 Å². The number of fused-ring (bicyclic) bond motifs is 1. The third-order valence-electron chi connectivity index (χ3n) is 4.96. The first-order chi connectivity index (χ1) is 15.2. The molecule has 2 heterocycles. The SMILES string of the molecule is COC(=O)c1c(NC(=O)C(C#N)=Cc2c(C)[nH]c3ccccc23)sc(C(=O)N(C)C)c1C. The number of H-pyrrole nitrogens is 1. The van der Waals surface area contributed by atoms with Crippen LogP contribution in [0.5, 0.6) is 0 Å². The second-order valence-corrected chi connectivity index (χ2v) is 8.31. The molecule has 0 unspecified atom stereocenters. The molecule has 9 heteroatoms. The van der Waals surface area contributed by atoms with Crippen molar-refractivity contribution in [3.05, 3.63) is 57.1 Å². The normalized spacial score (nSPS) is 11.2. The summed E-state index contributed by atoms with van der Waals surface area (Å²) in [6, 6.07) is 9.50. The summed E-state index contributed by atoms with van der Waals surface area (Å²) in [5.74, 6) is -1.67. The molecule has 0 saturated carbocycles. The number of aromatic amines is 1. The highest BCUT2D eigenvalue weighted by molar-refractivity contribution is 7.18. The lowest BCUT2D eigenvalue weighted by Gasteiger charge is -2.08. The molecule has 0 saturated heterocycles. The van der Waals surface area contributed by atoms with E-state index in [0.29, 0.717) is 10.4 Å². The molecule has 32 heavy (non-hydrogen) atoms. The number of thiophene rings is 1. The summed E-state index contributed by atoms with van der Waals surface area (Å²) in [6.07, 6.45) is 1.51. The van der Waals surface area contributed by atoms with Crippen molar-refractivity contribution in [2.45, 2.75) is 13.8 Å². The maximum Gasteiger partial charge on any atom is 0.341 e. The molecule has 1 aromatic carbocycles. The van der Waals surface area contributed by atoms with E-state index in [0.717, 1.165) is 33.5 Å². The van der Waals surface area contributed by atoms with Crippen LogP contribution in [0.3, 0.4) is 0 Å². The third kappa shape index (κ3) is 4.13. The van der Waals surface area contributed by atoms with Crippen molar-refractivity contribution in [1.82, 2.24) is 9.88 Å². The number of nitriles is 1. The lowest BCUT2D eigenvalue weighted by Crippen LogP contribution is -2.21. The highest BCUT2D eigenvalue weighted by Crippen LogP contribution is 2.35. The Hall–Kier alpha value is -3.90.